The number of benzene rings is 2. The molecule has 0 aliphatic carbocycles. The van der Waals surface area contributed by atoms with Gasteiger partial charge in [0.25, 0.3) is 5.69 Å². The third-order valence-electron chi connectivity index (χ3n) is 3.82. The zero-order valence-corrected chi connectivity index (χ0v) is 14.4. The minimum atomic E-state index is -0.446. The number of aromatic nitrogens is 3. The fourth-order valence-corrected chi connectivity index (χ4v) is 2.57. The van der Waals surface area contributed by atoms with E-state index in [1.807, 2.05) is 0 Å². The van der Waals surface area contributed by atoms with Gasteiger partial charge in [0.15, 0.2) is 11.5 Å². The van der Waals surface area contributed by atoms with Crippen LogP contribution >= 0.6 is 0 Å². The van der Waals surface area contributed by atoms with Crippen LogP contribution in [0.4, 0.5) is 5.69 Å². The number of hydrogen-bond acceptors (Lipinski definition) is 7. The van der Waals surface area contributed by atoms with Gasteiger partial charge in [-0.2, -0.15) is 0 Å². The van der Waals surface area contributed by atoms with Crippen molar-refractivity contribution in [2.45, 2.75) is 0 Å². The lowest BCUT2D eigenvalue weighted by Gasteiger charge is -2.15. The van der Waals surface area contributed by atoms with Crippen molar-refractivity contribution in [2.75, 3.05) is 21.3 Å². The van der Waals surface area contributed by atoms with Gasteiger partial charge >= 0.3 is 0 Å². The quantitative estimate of drug-likeness (QED) is 0.494. The Kier molecular flexibility index (Phi) is 4.70. The van der Waals surface area contributed by atoms with Gasteiger partial charge < -0.3 is 14.2 Å². The van der Waals surface area contributed by atoms with Crippen LogP contribution in [0.5, 0.6) is 17.2 Å². The lowest BCUT2D eigenvalue weighted by atomic mass is 10.1. The topological polar surface area (TPSA) is 102 Å². The lowest BCUT2D eigenvalue weighted by Crippen LogP contribution is -2.02. The maximum Gasteiger partial charge on any atom is 0.269 e. The molecule has 0 aliphatic rings. The Hall–Kier alpha value is -3.62. The molecule has 3 aromatic rings. The molecule has 0 atom stereocenters. The number of nitro groups is 1. The number of methoxy groups -OCH3 is 3. The summed E-state index contributed by atoms with van der Waals surface area (Å²) >= 11 is 0. The van der Waals surface area contributed by atoms with E-state index in [-0.39, 0.29) is 5.69 Å². The Bertz CT molecular complexity index is 912. The monoisotopic (exact) mass is 356 g/mol. The molecule has 0 bridgehead atoms. The van der Waals surface area contributed by atoms with Crippen LogP contribution in [-0.4, -0.2) is 41.2 Å². The van der Waals surface area contributed by atoms with Gasteiger partial charge in [0.2, 0.25) is 5.75 Å². The smallest absolute Gasteiger partial charge is 0.269 e. The molecule has 1 aromatic heterocycles. The molecule has 26 heavy (non-hydrogen) atoms. The van der Waals surface area contributed by atoms with Gasteiger partial charge in [0.05, 0.1) is 43.8 Å². The highest BCUT2D eigenvalue weighted by atomic mass is 16.6. The summed E-state index contributed by atoms with van der Waals surface area (Å²) in [4.78, 5) is 10.4. The number of hydrogen-bond donors (Lipinski definition) is 0. The summed E-state index contributed by atoms with van der Waals surface area (Å²) in [5.74, 6) is 1.43. The minimum Gasteiger partial charge on any atom is -0.493 e. The van der Waals surface area contributed by atoms with E-state index in [1.54, 1.807) is 35.1 Å². The van der Waals surface area contributed by atoms with Crippen molar-refractivity contribution >= 4 is 5.69 Å². The third kappa shape index (κ3) is 3.02. The Labute approximate surface area is 148 Å². The molecule has 9 heteroatoms. The van der Waals surface area contributed by atoms with Crippen LogP contribution in [0, 0.1) is 10.1 Å². The largest absolute Gasteiger partial charge is 0.493 e. The van der Waals surface area contributed by atoms with Gasteiger partial charge in [0, 0.05) is 29.8 Å². The molecule has 0 amide bonds. The van der Waals surface area contributed by atoms with E-state index in [1.165, 1.54) is 33.5 Å². The number of non-ortho nitro benzene ring substituents is 1. The van der Waals surface area contributed by atoms with Gasteiger partial charge in [-0.15, -0.1) is 5.10 Å². The van der Waals surface area contributed by atoms with E-state index >= 15 is 0 Å². The van der Waals surface area contributed by atoms with Crippen molar-refractivity contribution in [2.24, 2.45) is 0 Å². The van der Waals surface area contributed by atoms with Crippen LogP contribution < -0.4 is 14.2 Å². The Balaban J connectivity index is 2.09. The van der Waals surface area contributed by atoms with Crippen molar-refractivity contribution in [3.05, 3.63) is 52.7 Å². The first kappa shape index (κ1) is 17.2. The van der Waals surface area contributed by atoms with Crippen molar-refractivity contribution in [3.63, 3.8) is 0 Å². The van der Waals surface area contributed by atoms with E-state index < -0.39 is 4.92 Å². The predicted molar refractivity (Wildman–Crippen MR) is 93.1 cm³/mol. The Morgan fingerprint density at radius 2 is 1.62 bits per heavy atom. The van der Waals surface area contributed by atoms with Crippen LogP contribution in [0.15, 0.2) is 42.6 Å². The second-order valence-corrected chi connectivity index (χ2v) is 5.22. The second kappa shape index (κ2) is 7.09. The van der Waals surface area contributed by atoms with E-state index in [0.29, 0.717) is 28.6 Å². The normalized spacial score (nSPS) is 10.4. The summed E-state index contributed by atoms with van der Waals surface area (Å²) < 4.78 is 17.6. The molecule has 0 saturated carbocycles. The molecular formula is C17H16N4O5. The Morgan fingerprint density at radius 1 is 1.00 bits per heavy atom. The molecule has 2 aromatic carbocycles. The number of ether oxygens (including phenoxy) is 3. The number of nitrogens with zero attached hydrogens (tertiary/aromatic N) is 4. The molecule has 9 nitrogen and oxygen atoms in total. The fraction of sp³-hybridized carbons (Fsp3) is 0.176. The van der Waals surface area contributed by atoms with E-state index in [4.69, 9.17) is 14.2 Å². The van der Waals surface area contributed by atoms with Crippen molar-refractivity contribution in [1.82, 2.24) is 15.0 Å². The van der Waals surface area contributed by atoms with Crippen molar-refractivity contribution in [1.29, 1.82) is 0 Å². The first-order chi connectivity index (χ1) is 12.6. The van der Waals surface area contributed by atoms with Crippen LogP contribution in [0.25, 0.3) is 16.9 Å². The number of nitro benzene ring substituents is 1. The summed E-state index contributed by atoms with van der Waals surface area (Å²) in [5, 5.41) is 18.9. The highest BCUT2D eigenvalue weighted by molar-refractivity contribution is 5.65. The average molecular weight is 356 g/mol. The summed E-state index contributed by atoms with van der Waals surface area (Å²) in [6.45, 7) is 0. The van der Waals surface area contributed by atoms with Crippen LogP contribution in [0.1, 0.15) is 0 Å². The van der Waals surface area contributed by atoms with Crippen molar-refractivity contribution < 1.29 is 19.1 Å². The molecule has 0 unspecified atom stereocenters. The SMILES string of the molecule is COc1cc(-n2nncc2-c2ccc([N+](=O)[O-])cc2)cc(OC)c1OC. The molecule has 0 saturated heterocycles. The van der Waals surface area contributed by atoms with E-state index in [2.05, 4.69) is 10.3 Å². The summed E-state index contributed by atoms with van der Waals surface area (Å²) in [6.07, 6.45) is 1.57. The molecule has 0 spiro atoms. The summed E-state index contributed by atoms with van der Waals surface area (Å²) in [7, 11) is 4.58. The Morgan fingerprint density at radius 3 is 2.12 bits per heavy atom. The molecule has 0 aliphatic heterocycles. The lowest BCUT2D eigenvalue weighted by molar-refractivity contribution is -0.384. The highest BCUT2D eigenvalue weighted by Gasteiger charge is 2.17. The maximum absolute atomic E-state index is 10.8. The molecule has 0 radical (unpaired) electrons. The fourth-order valence-electron chi connectivity index (χ4n) is 2.57. The highest BCUT2D eigenvalue weighted by Crippen LogP contribution is 2.39. The molecule has 0 fully saturated rings. The zero-order chi connectivity index (χ0) is 18.7. The van der Waals surface area contributed by atoms with Gasteiger partial charge in [-0.05, 0) is 12.1 Å². The zero-order valence-electron chi connectivity index (χ0n) is 14.4. The minimum absolute atomic E-state index is 0.0144. The van der Waals surface area contributed by atoms with Gasteiger partial charge in [-0.25, -0.2) is 4.68 Å². The van der Waals surface area contributed by atoms with Crippen molar-refractivity contribution in [3.8, 4) is 34.2 Å². The third-order valence-corrected chi connectivity index (χ3v) is 3.82. The van der Waals surface area contributed by atoms with Gasteiger partial charge in [-0.3, -0.25) is 10.1 Å². The first-order valence-corrected chi connectivity index (χ1v) is 7.55. The standard InChI is InChI=1S/C17H16N4O5/c1-24-15-8-13(9-16(25-2)17(15)26-3)20-14(10-18-19-20)11-4-6-12(7-5-11)21(22)23/h4-10H,1-3H3. The molecular weight excluding hydrogens is 340 g/mol. The van der Waals surface area contributed by atoms with Crippen LogP contribution in [0.2, 0.25) is 0 Å². The maximum atomic E-state index is 10.8. The van der Waals surface area contributed by atoms with Crippen LogP contribution in [0.3, 0.4) is 0 Å². The van der Waals surface area contributed by atoms with E-state index in [9.17, 15) is 10.1 Å². The first-order valence-electron chi connectivity index (χ1n) is 7.55. The van der Waals surface area contributed by atoms with Gasteiger partial charge in [-0.1, -0.05) is 5.21 Å². The molecule has 3 rings (SSSR count). The average Bonchev–Trinajstić information content (AvgIpc) is 3.16. The second-order valence-electron chi connectivity index (χ2n) is 5.22. The summed E-state index contributed by atoms with van der Waals surface area (Å²) in [6, 6.07) is 9.64. The van der Waals surface area contributed by atoms with Gasteiger partial charge in [0.1, 0.15) is 0 Å². The molecule has 0 N–H and O–H groups in total. The number of rotatable bonds is 6. The molecule has 134 valence electrons. The molecule has 1 heterocycles. The van der Waals surface area contributed by atoms with Crippen LogP contribution in [-0.2, 0) is 0 Å². The summed E-state index contributed by atoms with van der Waals surface area (Å²) in [5.41, 5.74) is 2.05. The predicted octanol–water partition coefficient (Wildman–Crippen LogP) is 2.87. The van der Waals surface area contributed by atoms with E-state index in [0.717, 1.165) is 5.56 Å².